The van der Waals surface area contributed by atoms with Gasteiger partial charge in [0.15, 0.2) is 0 Å². The number of fused-ring (bicyclic) bond motifs is 1. The van der Waals surface area contributed by atoms with Gasteiger partial charge in [-0.15, -0.1) is 0 Å². The van der Waals surface area contributed by atoms with Crippen LogP contribution in [0.15, 0.2) is 27.8 Å². The molecule has 1 heterocycles. The number of thiol groups is 1. The third-order valence-electron chi connectivity index (χ3n) is 2.21. The van der Waals surface area contributed by atoms with Crippen molar-refractivity contribution in [3.63, 3.8) is 0 Å². The van der Waals surface area contributed by atoms with E-state index in [1.807, 2.05) is 0 Å². The van der Waals surface area contributed by atoms with Crippen molar-refractivity contribution in [2.45, 2.75) is 6.42 Å². The molecule has 2 aromatic rings. The van der Waals surface area contributed by atoms with E-state index in [0.717, 1.165) is 5.56 Å². The van der Waals surface area contributed by atoms with Crippen molar-refractivity contribution in [2.24, 2.45) is 0 Å². The predicted octanol–water partition coefficient (Wildman–Crippen LogP) is 0.888. The molecular weight excluding hydrogens is 236 g/mol. The van der Waals surface area contributed by atoms with Gasteiger partial charge in [0.05, 0.1) is 10.9 Å². The van der Waals surface area contributed by atoms with Gasteiger partial charge in [-0.3, -0.25) is 9.78 Å². The molecule has 0 amide bonds. The van der Waals surface area contributed by atoms with E-state index in [2.05, 4.69) is 34.4 Å². The second kappa shape index (κ2) is 4.93. The van der Waals surface area contributed by atoms with E-state index in [9.17, 15) is 9.59 Å². The Morgan fingerprint density at radius 1 is 1.24 bits per heavy atom. The van der Waals surface area contributed by atoms with Gasteiger partial charge in [-0.1, -0.05) is 11.8 Å². The van der Waals surface area contributed by atoms with Crippen molar-refractivity contribution >= 4 is 23.5 Å². The Labute approximate surface area is 102 Å². The van der Waals surface area contributed by atoms with Crippen LogP contribution in [0, 0.1) is 11.8 Å². The summed E-state index contributed by atoms with van der Waals surface area (Å²) < 4.78 is 0. The average Bonchev–Trinajstić information content (AvgIpc) is 2.30. The van der Waals surface area contributed by atoms with Crippen LogP contribution in [0.4, 0.5) is 0 Å². The van der Waals surface area contributed by atoms with Gasteiger partial charge >= 0.3 is 5.69 Å². The Morgan fingerprint density at radius 2 is 2.06 bits per heavy atom. The van der Waals surface area contributed by atoms with Gasteiger partial charge in [0.2, 0.25) is 0 Å². The summed E-state index contributed by atoms with van der Waals surface area (Å²) in [6, 6.07) is 5.11. The molecule has 0 aliphatic carbocycles. The summed E-state index contributed by atoms with van der Waals surface area (Å²) in [6.45, 7) is 0. The van der Waals surface area contributed by atoms with Gasteiger partial charge in [-0.25, -0.2) is 4.79 Å². The summed E-state index contributed by atoms with van der Waals surface area (Å²) >= 11 is 4.06. The minimum atomic E-state index is -0.503. The highest BCUT2D eigenvalue weighted by Gasteiger charge is 2.00. The Kier molecular flexibility index (Phi) is 3.35. The number of hydrogen-bond acceptors (Lipinski definition) is 3. The van der Waals surface area contributed by atoms with Crippen molar-refractivity contribution in [1.29, 1.82) is 0 Å². The highest BCUT2D eigenvalue weighted by Crippen LogP contribution is 2.07. The molecule has 0 fully saturated rings. The minimum absolute atomic E-state index is 0.401. The Hall–Kier alpha value is -1.93. The molecule has 0 saturated heterocycles. The van der Waals surface area contributed by atoms with E-state index in [0.29, 0.717) is 23.1 Å². The van der Waals surface area contributed by atoms with E-state index in [1.165, 1.54) is 0 Å². The predicted molar refractivity (Wildman–Crippen MR) is 70.5 cm³/mol. The fraction of sp³-hybridized carbons (Fsp3) is 0.167. The smallest absolute Gasteiger partial charge is 0.307 e. The zero-order chi connectivity index (χ0) is 12.3. The molecule has 2 rings (SSSR count). The molecule has 1 aromatic heterocycles. The Morgan fingerprint density at radius 3 is 2.82 bits per heavy atom. The van der Waals surface area contributed by atoms with Gasteiger partial charge in [0.25, 0.3) is 5.56 Å². The lowest BCUT2D eigenvalue weighted by molar-refractivity contribution is 1.08. The average molecular weight is 246 g/mol. The maximum absolute atomic E-state index is 11.5. The van der Waals surface area contributed by atoms with Gasteiger partial charge in [-0.2, -0.15) is 12.6 Å². The summed E-state index contributed by atoms with van der Waals surface area (Å²) in [5, 5.41) is 0.433. The lowest BCUT2D eigenvalue weighted by Crippen LogP contribution is -2.21. The van der Waals surface area contributed by atoms with Crippen LogP contribution in [0.1, 0.15) is 12.0 Å². The number of rotatable bonds is 1. The first kappa shape index (κ1) is 11.6. The number of nitrogens with one attached hydrogen (secondary N) is 2. The van der Waals surface area contributed by atoms with Gasteiger partial charge in [0, 0.05) is 17.7 Å². The molecule has 17 heavy (non-hydrogen) atoms. The molecule has 0 radical (unpaired) electrons. The lowest BCUT2D eigenvalue weighted by atomic mass is 10.1. The van der Waals surface area contributed by atoms with E-state index >= 15 is 0 Å². The summed E-state index contributed by atoms with van der Waals surface area (Å²) in [4.78, 5) is 27.3. The molecule has 5 heteroatoms. The number of hydrogen-bond donors (Lipinski definition) is 3. The molecule has 0 unspecified atom stereocenters. The third kappa shape index (κ3) is 2.60. The number of aromatic amines is 2. The first-order valence-corrected chi connectivity index (χ1v) is 5.70. The van der Waals surface area contributed by atoms with Crippen LogP contribution in [-0.2, 0) is 0 Å². The van der Waals surface area contributed by atoms with Crippen LogP contribution < -0.4 is 11.2 Å². The highest BCUT2D eigenvalue weighted by molar-refractivity contribution is 7.80. The molecule has 1 aromatic carbocycles. The van der Waals surface area contributed by atoms with Crippen LogP contribution in [0.5, 0.6) is 0 Å². The molecule has 0 aliphatic heterocycles. The van der Waals surface area contributed by atoms with Crippen LogP contribution in [-0.4, -0.2) is 15.7 Å². The normalized spacial score (nSPS) is 9.94. The number of benzene rings is 1. The van der Waals surface area contributed by atoms with Gasteiger partial charge in [-0.05, 0) is 18.2 Å². The summed E-state index contributed by atoms with van der Waals surface area (Å²) in [7, 11) is 0. The van der Waals surface area contributed by atoms with Gasteiger partial charge in [0.1, 0.15) is 0 Å². The first-order valence-electron chi connectivity index (χ1n) is 5.07. The molecular formula is C12H10N2O2S. The molecule has 0 saturated carbocycles. The molecule has 4 nitrogen and oxygen atoms in total. The highest BCUT2D eigenvalue weighted by atomic mass is 32.1. The Balaban J connectivity index is 2.56. The topological polar surface area (TPSA) is 65.7 Å². The number of H-pyrrole nitrogens is 2. The van der Waals surface area contributed by atoms with Crippen molar-refractivity contribution in [2.75, 3.05) is 5.75 Å². The first-order chi connectivity index (χ1) is 8.20. The molecule has 0 spiro atoms. The van der Waals surface area contributed by atoms with Crippen LogP contribution >= 0.6 is 12.6 Å². The second-order valence-corrected chi connectivity index (χ2v) is 3.89. The van der Waals surface area contributed by atoms with Crippen molar-refractivity contribution in [3.05, 3.63) is 44.6 Å². The van der Waals surface area contributed by atoms with Crippen LogP contribution in [0.2, 0.25) is 0 Å². The fourth-order valence-electron chi connectivity index (χ4n) is 1.46. The Bertz CT molecular complexity index is 719. The van der Waals surface area contributed by atoms with Crippen LogP contribution in [0.3, 0.4) is 0 Å². The largest absolute Gasteiger partial charge is 0.326 e. The zero-order valence-corrected chi connectivity index (χ0v) is 9.80. The lowest BCUT2D eigenvalue weighted by Gasteiger charge is -1.96. The van der Waals surface area contributed by atoms with Crippen molar-refractivity contribution < 1.29 is 0 Å². The quantitative estimate of drug-likeness (QED) is 0.517. The van der Waals surface area contributed by atoms with Crippen LogP contribution in [0.25, 0.3) is 10.9 Å². The zero-order valence-electron chi connectivity index (χ0n) is 8.91. The third-order valence-corrected chi connectivity index (χ3v) is 2.43. The van der Waals surface area contributed by atoms with Gasteiger partial charge < -0.3 is 4.98 Å². The fourth-order valence-corrected chi connectivity index (χ4v) is 1.58. The molecule has 0 aliphatic rings. The molecule has 86 valence electrons. The monoisotopic (exact) mass is 246 g/mol. The van der Waals surface area contributed by atoms with E-state index in [-0.39, 0.29) is 0 Å². The maximum atomic E-state index is 11.5. The van der Waals surface area contributed by atoms with E-state index in [1.54, 1.807) is 18.2 Å². The van der Waals surface area contributed by atoms with Crippen molar-refractivity contribution in [3.8, 4) is 11.8 Å². The maximum Gasteiger partial charge on any atom is 0.326 e. The number of aromatic nitrogens is 2. The summed E-state index contributed by atoms with van der Waals surface area (Å²) in [5.41, 5.74) is 0.355. The van der Waals surface area contributed by atoms with Crippen molar-refractivity contribution in [1.82, 2.24) is 9.97 Å². The molecule has 2 N–H and O–H groups in total. The summed E-state index contributed by atoms with van der Waals surface area (Å²) in [5.74, 6) is 6.58. The standard InChI is InChI=1S/C12H10N2O2S/c15-11-9-7-8(3-1-2-6-17)4-5-10(9)13-12(16)14-11/h4-5,7,17H,2,6H2,(H2,13,14,15,16). The molecule has 0 bridgehead atoms. The minimum Gasteiger partial charge on any atom is -0.307 e. The summed E-state index contributed by atoms with van der Waals surface area (Å²) in [6.07, 6.45) is 0.698. The molecule has 0 atom stereocenters. The van der Waals surface area contributed by atoms with E-state index < -0.39 is 11.2 Å². The van der Waals surface area contributed by atoms with E-state index in [4.69, 9.17) is 0 Å². The SMILES string of the molecule is O=c1[nH]c(=O)c2cc(C#CCCS)ccc2[nH]1. The second-order valence-electron chi connectivity index (χ2n) is 3.44.